The van der Waals surface area contributed by atoms with Gasteiger partial charge >= 0.3 is 0 Å². The smallest absolute Gasteiger partial charge is 0.224 e. The standard InChI is InChI=1S/C25H28N2O2/c28-24(26-22-14-20(22)16-8-3-1-4-9-16)18-12-7-13-19(18)25(29)27-23-15-21(23)17-10-5-2-6-11-17/h1-6,8-11,18-23H,7,12-15H2,(H,26,28)(H,27,29)/t18-,19-,20+,21+,22-,23-/m0/s1. The molecule has 3 fully saturated rings. The van der Waals surface area contributed by atoms with Crippen LogP contribution in [0.25, 0.3) is 0 Å². The summed E-state index contributed by atoms with van der Waals surface area (Å²) in [7, 11) is 0. The van der Waals surface area contributed by atoms with Gasteiger partial charge in [0.1, 0.15) is 0 Å². The van der Waals surface area contributed by atoms with E-state index in [0.29, 0.717) is 11.8 Å². The van der Waals surface area contributed by atoms with E-state index in [2.05, 4.69) is 34.9 Å². The molecular formula is C25H28N2O2. The number of rotatable bonds is 6. The molecule has 2 aromatic rings. The molecule has 0 bridgehead atoms. The monoisotopic (exact) mass is 388 g/mol. The van der Waals surface area contributed by atoms with Crippen molar-refractivity contribution in [2.24, 2.45) is 11.8 Å². The van der Waals surface area contributed by atoms with Crippen LogP contribution in [0, 0.1) is 11.8 Å². The van der Waals surface area contributed by atoms with Gasteiger partial charge in [0.15, 0.2) is 0 Å². The first-order valence-corrected chi connectivity index (χ1v) is 10.9. The third-order valence-corrected chi connectivity index (χ3v) is 6.88. The van der Waals surface area contributed by atoms with Crippen LogP contribution in [0.5, 0.6) is 0 Å². The normalized spacial score (nSPS) is 32.4. The van der Waals surface area contributed by atoms with Crippen LogP contribution in [0.15, 0.2) is 60.7 Å². The SMILES string of the molecule is O=C(N[C@H]1C[C@@H]1c1ccccc1)[C@H]1CCC[C@@H]1C(=O)N[C@H]1C[C@@H]1c1ccccc1. The molecular weight excluding hydrogens is 360 g/mol. The van der Waals surface area contributed by atoms with E-state index in [9.17, 15) is 9.59 Å². The molecule has 0 saturated heterocycles. The molecule has 0 heterocycles. The van der Waals surface area contributed by atoms with Gasteiger partial charge < -0.3 is 10.6 Å². The summed E-state index contributed by atoms with van der Waals surface area (Å²) in [5, 5.41) is 6.43. The molecule has 3 aliphatic rings. The van der Waals surface area contributed by atoms with Crippen LogP contribution >= 0.6 is 0 Å². The Hall–Kier alpha value is -2.62. The molecule has 5 rings (SSSR count). The van der Waals surface area contributed by atoms with E-state index < -0.39 is 0 Å². The Morgan fingerprint density at radius 3 is 1.48 bits per heavy atom. The van der Waals surface area contributed by atoms with E-state index in [-0.39, 0.29) is 35.7 Å². The summed E-state index contributed by atoms with van der Waals surface area (Å²) in [6.45, 7) is 0. The van der Waals surface area contributed by atoms with Gasteiger partial charge in [-0.25, -0.2) is 0 Å². The number of carbonyl (C=O) groups excluding carboxylic acids is 2. The summed E-state index contributed by atoms with van der Waals surface area (Å²) in [4.78, 5) is 25.8. The zero-order valence-corrected chi connectivity index (χ0v) is 16.6. The lowest BCUT2D eigenvalue weighted by Gasteiger charge is -2.19. The van der Waals surface area contributed by atoms with Gasteiger partial charge in [-0.15, -0.1) is 0 Å². The van der Waals surface area contributed by atoms with E-state index in [4.69, 9.17) is 0 Å². The van der Waals surface area contributed by atoms with Crippen LogP contribution in [0.3, 0.4) is 0 Å². The number of carbonyl (C=O) groups is 2. The zero-order valence-electron chi connectivity index (χ0n) is 16.6. The van der Waals surface area contributed by atoms with Crippen LogP contribution < -0.4 is 10.6 Å². The van der Waals surface area contributed by atoms with Gasteiger partial charge in [-0.2, -0.15) is 0 Å². The summed E-state index contributed by atoms with van der Waals surface area (Å²) >= 11 is 0. The summed E-state index contributed by atoms with van der Waals surface area (Å²) in [6.07, 6.45) is 4.59. The van der Waals surface area contributed by atoms with Crippen molar-refractivity contribution in [3.8, 4) is 0 Å². The molecule has 0 aromatic heterocycles. The largest absolute Gasteiger partial charge is 0.352 e. The maximum atomic E-state index is 12.9. The number of hydrogen-bond acceptors (Lipinski definition) is 2. The van der Waals surface area contributed by atoms with E-state index in [0.717, 1.165) is 32.1 Å². The fourth-order valence-corrected chi connectivity index (χ4v) is 5.01. The Kier molecular flexibility index (Phi) is 4.86. The molecule has 0 aliphatic heterocycles. The average Bonchev–Trinajstić information content (AvgIpc) is 3.65. The number of nitrogens with one attached hydrogen (secondary N) is 2. The zero-order chi connectivity index (χ0) is 19.8. The molecule has 3 saturated carbocycles. The lowest BCUT2D eigenvalue weighted by molar-refractivity contribution is -0.133. The van der Waals surface area contributed by atoms with Gasteiger partial charge in [0.05, 0.1) is 0 Å². The van der Waals surface area contributed by atoms with Gasteiger partial charge in [0, 0.05) is 35.8 Å². The topological polar surface area (TPSA) is 58.2 Å². The molecule has 29 heavy (non-hydrogen) atoms. The number of amides is 2. The number of benzene rings is 2. The van der Waals surface area contributed by atoms with E-state index in [1.807, 2.05) is 36.4 Å². The first-order valence-electron chi connectivity index (χ1n) is 10.9. The summed E-state index contributed by atoms with van der Waals surface area (Å²) in [6, 6.07) is 21.2. The van der Waals surface area contributed by atoms with Gasteiger partial charge in [0.25, 0.3) is 0 Å². The van der Waals surface area contributed by atoms with Gasteiger partial charge in [-0.1, -0.05) is 67.1 Å². The molecule has 0 spiro atoms. The van der Waals surface area contributed by atoms with Crippen LogP contribution in [-0.2, 0) is 9.59 Å². The second-order valence-corrected chi connectivity index (χ2v) is 8.88. The van der Waals surface area contributed by atoms with E-state index in [1.54, 1.807) is 0 Å². The third-order valence-electron chi connectivity index (χ3n) is 6.88. The maximum absolute atomic E-state index is 12.9. The van der Waals surface area contributed by atoms with Gasteiger partial charge in [-0.05, 0) is 36.8 Å². The predicted molar refractivity (Wildman–Crippen MR) is 112 cm³/mol. The Morgan fingerprint density at radius 2 is 1.07 bits per heavy atom. The lowest BCUT2D eigenvalue weighted by atomic mass is 9.94. The van der Waals surface area contributed by atoms with E-state index >= 15 is 0 Å². The summed E-state index contributed by atoms with van der Waals surface area (Å²) in [5.41, 5.74) is 2.58. The maximum Gasteiger partial charge on any atom is 0.224 e. The molecule has 4 nitrogen and oxygen atoms in total. The molecule has 0 radical (unpaired) electrons. The van der Waals surface area contributed by atoms with Gasteiger partial charge in [-0.3, -0.25) is 9.59 Å². The molecule has 3 aliphatic carbocycles. The average molecular weight is 389 g/mol. The Morgan fingerprint density at radius 1 is 0.655 bits per heavy atom. The van der Waals surface area contributed by atoms with Crippen molar-refractivity contribution in [2.75, 3.05) is 0 Å². The van der Waals surface area contributed by atoms with Crippen LogP contribution in [-0.4, -0.2) is 23.9 Å². The van der Waals surface area contributed by atoms with Crippen molar-refractivity contribution in [3.63, 3.8) is 0 Å². The van der Waals surface area contributed by atoms with Crippen LogP contribution in [0.1, 0.15) is 55.1 Å². The second kappa shape index (κ2) is 7.66. The second-order valence-electron chi connectivity index (χ2n) is 8.88. The fraction of sp³-hybridized carbons (Fsp3) is 0.440. The molecule has 2 amide bonds. The molecule has 6 atom stereocenters. The quantitative estimate of drug-likeness (QED) is 0.792. The van der Waals surface area contributed by atoms with Crippen molar-refractivity contribution >= 4 is 11.8 Å². The highest BCUT2D eigenvalue weighted by Gasteiger charge is 2.46. The fourth-order valence-electron chi connectivity index (χ4n) is 5.01. The van der Waals surface area contributed by atoms with Gasteiger partial charge in [0.2, 0.25) is 11.8 Å². The summed E-state index contributed by atoms with van der Waals surface area (Å²) < 4.78 is 0. The lowest BCUT2D eigenvalue weighted by Crippen LogP contribution is -2.41. The van der Waals surface area contributed by atoms with Crippen LogP contribution in [0.2, 0.25) is 0 Å². The highest BCUT2D eigenvalue weighted by molar-refractivity contribution is 5.89. The summed E-state index contributed by atoms with van der Waals surface area (Å²) in [5.74, 6) is 0.628. The minimum absolute atomic E-state index is 0.0708. The Labute approximate surface area is 172 Å². The number of hydrogen-bond donors (Lipinski definition) is 2. The van der Waals surface area contributed by atoms with Crippen molar-refractivity contribution in [3.05, 3.63) is 71.8 Å². The highest BCUT2D eigenvalue weighted by atomic mass is 16.2. The molecule has 2 N–H and O–H groups in total. The third kappa shape index (κ3) is 3.93. The molecule has 2 aromatic carbocycles. The first kappa shape index (κ1) is 18.4. The van der Waals surface area contributed by atoms with Crippen molar-refractivity contribution in [2.45, 2.75) is 56.0 Å². The van der Waals surface area contributed by atoms with Crippen molar-refractivity contribution < 1.29 is 9.59 Å². The Balaban J connectivity index is 1.14. The molecule has 0 unspecified atom stereocenters. The van der Waals surface area contributed by atoms with Crippen LogP contribution in [0.4, 0.5) is 0 Å². The van der Waals surface area contributed by atoms with E-state index in [1.165, 1.54) is 11.1 Å². The van der Waals surface area contributed by atoms with Crippen molar-refractivity contribution in [1.29, 1.82) is 0 Å². The molecule has 4 heteroatoms. The minimum atomic E-state index is -0.180. The molecule has 150 valence electrons. The minimum Gasteiger partial charge on any atom is -0.352 e. The predicted octanol–water partition coefficient (Wildman–Crippen LogP) is 3.75. The Bertz CT molecular complexity index is 809. The first-order chi connectivity index (χ1) is 14.2. The van der Waals surface area contributed by atoms with Crippen molar-refractivity contribution in [1.82, 2.24) is 10.6 Å². The highest BCUT2D eigenvalue weighted by Crippen LogP contribution is 2.43.